The molecule has 0 N–H and O–H groups in total. The van der Waals surface area contributed by atoms with Crippen molar-refractivity contribution < 1.29 is 22.7 Å². The van der Waals surface area contributed by atoms with Gasteiger partial charge >= 0.3 is 12.1 Å². The summed E-state index contributed by atoms with van der Waals surface area (Å²) in [6.45, 7) is 1.40. The minimum Gasteiger partial charge on any atom is -0.464 e. The quantitative estimate of drug-likeness (QED) is 0.688. The summed E-state index contributed by atoms with van der Waals surface area (Å²) in [5.41, 5.74) is -0.664. The number of alkyl halides is 3. The summed E-state index contributed by atoms with van der Waals surface area (Å²) >= 11 is 0.428. The summed E-state index contributed by atoms with van der Waals surface area (Å²) in [5, 5.41) is 0.178. The smallest absolute Gasteiger partial charge is 0.428 e. The van der Waals surface area contributed by atoms with E-state index >= 15 is 0 Å². The Morgan fingerprint density at radius 1 is 1.50 bits per heavy atom. The van der Waals surface area contributed by atoms with Gasteiger partial charge in [-0.2, -0.15) is 13.2 Å². The van der Waals surface area contributed by atoms with E-state index in [9.17, 15) is 18.0 Å². The van der Waals surface area contributed by atoms with E-state index in [1.165, 1.54) is 6.92 Å². The lowest BCUT2D eigenvalue weighted by molar-refractivity contribution is -0.135. The predicted octanol–water partition coefficient (Wildman–Crippen LogP) is 2.26. The standard InChI is InChI=1S/C7H6F3NO2S/c1-3-11-4(6(12)13-2)5(14-3)7(8,9)10/h1-2H3. The van der Waals surface area contributed by atoms with Gasteiger partial charge in [0, 0.05) is 0 Å². The number of aromatic nitrogens is 1. The Kier molecular flexibility index (Phi) is 2.79. The monoisotopic (exact) mass is 225 g/mol. The first-order chi connectivity index (χ1) is 6.36. The van der Waals surface area contributed by atoms with E-state index in [2.05, 4.69) is 9.72 Å². The van der Waals surface area contributed by atoms with Crippen LogP contribution < -0.4 is 0 Å². The fourth-order valence-corrected chi connectivity index (χ4v) is 1.63. The van der Waals surface area contributed by atoms with Crippen molar-refractivity contribution >= 4 is 17.3 Å². The molecule has 78 valence electrons. The number of hydrogen-bond donors (Lipinski definition) is 0. The molecule has 0 saturated heterocycles. The molecule has 1 aromatic rings. The van der Waals surface area contributed by atoms with Gasteiger partial charge in [0.15, 0.2) is 5.69 Å². The van der Waals surface area contributed by atoms with Crippen LogP contribution in [0.3, 0.4) is 0 Å². The van der Waals surface area contributed by atoms with Gasteiger partial charge in [0.05, 0.1) is 12.1 Å². The maximum absolute atomic E-state index is 12.3. The summed E-state index contributed by atoms with van der Waals surface area (Å²) in [5.74, 6) is -1.07. The number of carbonyl (C=O) groups excluding carboxylic acids is 1. The van der Waals surface area contributed by atoms with Crippen LogP contribution in [0.25, 0.3) is 0 Å². The lowest BCUT2D eigenvalue weighted by Crippen LogP contribution is -2.11. The van der Waals surface area contributed by atoms with E-state index in [0.717, 1.165) is 7.11 Å². The molecule has 0 aromatic carbocycles. The minimum absolute atomic E-state index is 0.178. The summed E-state index contributed by atoms with van der Waals surface area (Å²) < 4.78 is 41.2. The number of hydrogen-bond acceptors (Lipinski definition) is 4. The highest BCUT2D eigenvalue weighted by atomic mass is 32.1. The molecule has 0 saturated carbocycles. The van der Waals surface area contributed by atoms with Crippen molar-refractivity contribution in [3.63, 3.8) is 0 Å². The number of esters is 1. The molecule has 0 bridgehead atoms. The van der Waals surface area contributed by atoms with Gasteiger partial charge in [-0.1, -0.05) is 0 Å². The molecular weight excluding hydrogens is 219 g/mol. The molecule has 0 radical (unpaired) electrons. The number of carbonyl (C=O) groups is 1. The molecule has 7 heteroatoms. The lowest BCUT2D eigenvalue weighted by Gasteiger charge is -2.03. The second kappa shape index (κ2) is 3.56. The van der Waals surface area contributed by atoms with Gasteiger partial charge in [0.2, 0.25) is 0 Å². The van der Waals surface area contributed by atoms with Crippen molar-refractivity contribution in [1.29, 1.82) is 0 Å². The highest BCUT2D eigenvalue weighted by Crippen LogP contribution is 2.36. The molecule has 0 unspecified atom stereocenters. The van der Waals surface area contributed by atoms with Gasteiger partial charge in [-0.3, -0.25) is 0 Å². The third kappa shape index (κ3) is 2.03. The van der Waals surface area contributed by atoms with Crippen LogP contribution in [0.15, 0.2) is 0 Å². The van der Waals surface area contributed by atoms with Crippen molar-refractivity contribution in [1.82, 2.24) is 4.98 Å². The van der Waals surface area contributed by atoms with Crippen molar-refractivity contribution in [2.45, 2.75) is 13.1 Å². The Morgan fingerprint density at radius 3 is 2.50 bits per heavy atom. The molecule has 1 aromatic heterocycles. The molecular formula is C7H6F3NO2S. The zero-order valence-corrected chi connectivity index (χ0v) is 8.12. The summed E-state index contributed by atoms with van der Waals surface area (Å²) in [4.78, 5) is 13.4. The molecule has 3 nitrogen and oxygen atoms in total. The van der Waals surface area contributed by atoms with Crippen LogP contribution in [-0.2, 0) is 10.9 Å². The van der Waals surface area contributed by atoms with Gasteiger partial charge in [-0.15, -0.1) is 11.3 Å². The van der Waals surface area contributed by atoms with Crippen LogP contribution in [-0.4, -0.2) is 18.1 Å². The van der Waals surface area contributed by atoms with Gasteiger partial charge in [-0.25, -0.2) is 9.78 Å². The van der Waals surface area contributed by atoms with Crippen LogP contribution in [0.5, 0.6) is 0 Å². The topological polar surface area (TPSA) is 39.2 Å². The highest BCUT2D eigenvalue weighted by Gasteiger charge is 2.39. The van der Waals surface area contributed by atoms with Gasteiger partial charge in [-0.05, 0) is 6.92 Å². The molecule has 0 spiro atoms. The average Bonchev–Trinajstić information content (AvgIpc) is 2.45. The van der Waals surface area contributed by atoms with E-state index in [4.69, 9.17) is 0 Å². The second-order valence-corrected chi connectivity index (χ2v) is 3.60. The normalized spacial score (nSPS) is 11.5. The van der Waals surface area contributed by atoms with E-state index < -0.39 is 22.7 Å². The third-order valence-corrected chi connectivity index (χ3v) is 2.39. The van der Waals surface area contributed by atoms with Gasteiger partial charge < -0.3 is 4.74 Å². The van der Waals surface area contributed by atoms with Crippen molar-refractivity contribution in [3.8, 4) is 0 Å². The first-order valence-corrected chi connectivity index (χ1v) is 4.31. The van der Waals surface area contributed by atoms with Crippen molar-refractivity contribution in [2.75, 3.05) is 7.11 Å². The molecule has 0 aliphatic rings. The number of nitrogens with zero attached hydrogens (tertiary/aromatic N) is 1. The zero-order valence-electron chi connectivity index (χ0n) is 7.31. The molecule has 14 heavy (non-hydrogen) atoms. The van der Waals surface area contributed by atoms with Gasteiger partial charge in [0.25, 0.3) is 0 Å². The lowest BCUT2D eigenvalue weighted by atomic mass is 10.3. The van der Waals surface area contributed by atoms with Gasteiger partial charge in [0.1, 0.15) is 4.88 Å². The number of thiazole rings is 1. The molecule has 1 rings (SSSR count). The maximum Gasteiger partial charge on any atom is 0.428 e. The number of halogens is 3. The van der Waals surface area contributed by atoms with Crippen molar-refractivity contribution in [2.24, 2.45) is 0 Å². The predicted molar refractivity (Wildman–Crippen MR) is 43.2 cm³/mol. The van der Waals surface area contributed by atoms with Crippen molar-refractivity contribution in [3.05, 3.63) is 15.6 Å². The number of methoxy groups -OCH3 is 1. The van der Waals surface area contributed by atoms with Crippen LogP contribution in [0.1, 0.15) is 20.4 Å². The first kappa shape index (κ1) is 11.0. The summed E-state index contributed by atoms with van der Waals surface area (Å²) in [6, 6.07) is 0. The fraction of sp³-hybridized carbons (Fsp3) is 0.429. The molecule has 0 fully saturated rings. The number of ether oxygens (including phenoxy) is 1. The molecule has 0 amide bonds. The molecule has 0 atom stereocenters. The van der Waals surface area contributed by atoms with Crippen LogP contribution in [0.4, 0.5) is 13.2 Å². The SMILES string of the molecule is COC(=O)c1nc(C)sc1C(F)(F)F. The molecule has 1 heterocycles. The van der Waals surface area contributed by atoms with Crippen LogP contribution in [0.2, 0.25) is 0 Å². The second-order valence-electron chi connectivity index (χ2n) is 2.40. The zero-order chi connectivity index (χ0) is 10.9. The Balaban J connectivity index is 3.23. The fourth-order valence-electron chi connectivity index (χ4n) is 0.854. The number of aryl methyl sites for hydroxylation is 1. The first-order valence-electron chi connectivity index (χ1n) is 3.49. The Morgan fingerprint density at radius 2 is 2.07 bits per heavy atom. The third-order valence-electron chi connectivity index (χ3n) is 1.37. The minimum atomic E-state index is -4.56. The molecule has 0 aliphatic carbocycles. The Bertz CT molecular complexity index is 358. The highest BCUT2D eigenvalue weighted by molar-refractivity contribution is 7.12. The van der Waals surface area contributed by atoms with E-state index in [1.807, 2.05) is 0 Å². The largest absolute Gasteiger partial charge is 0.464 e. The van der Waals surface area contributed by atoms with E-state index in [1.54, 1.807) is 0 Å². The summed E-state index contributed by atoms with van der Waals surface area (Å²) in [7, 11) is 1.01. The van der Waals surface area contributed by atoms with Crippen LogP contribution in [0, 0.1) is 6.92 Å². The maximum atomic E-state index is 12.3. The average molecular weight is 225 g/mol. The Labute approximate surface area is 81.5 Å². The molecule has 0 aliphatic heterocycles. The summed E-state index contributed by atoms with van der Waals surface area (Å²) in [6.07, 6.45) is -4.56. The van der Waals surface area contributed by atoms with E-state index in [0.29, 0.717) is 11.3 Å². The van der Waals surface area contributed by atoms with E-state index in [-0.39, 0.29) is 5.01 Å². The Hall–Kier alpha value is -1.11. The number of rotatable bonds is 1. The van der Waals surface area contributed by atoms with Crippen LogP contribution >= 0.6 is 11.3 Å².